The highest BCUT2D eigenvalue weighted by molar-refractivity contribution is 7.27. The topological polar surface area (TPSA) is 68.5 Å². The third-order valence-corrected chi connectivity index (χ3v) is 3.04. The molecule has 5 nitrogen and oxygen atoms in total. The normalized spacial score (nSPS) is 10.2. The SMILES string of the molecule is COc1ccn(-c2ccc(P)cc2)c(=O)c1C(=O)O. The lowest BCUT2D eigenvalue weighted by Crippen LogP contribution is -2.25. The van der Waals surface area contributed by atoms with Gasteiger partial charge in [-0.15, -0.1) is 9.24 Å². The van der Waals surface area contributed by atoms with Gasteiger partial charge < -0.3 is 9.84 Å². The number of methoxy groups -OCH3 is 1. The van der Waals surface area contributed by atoms with Crippen molar-refractivity contribution < 1.29 is 14.6 Å². The van der Waals surface area contributed by atoms with Crippen molar-refractivity contribution >= 4 is 20.5 Å². The maximum atomic E-state index is 12.2. The number of carbonyl (C=O) groups is 1. The lowest BCUT2D eigenvalue weighted by molar-refractivity contribution is 0.0691. The molecule has 0 radical (unpaired) electrons. The number of benzene rings is 1. The van der Waals surface area contributed by atoms with Gasteiger partial charge in [0.2, 0.25) is 0 Å². The van der Waals surface area contributed by atoms with Crippen LogP contribution in [0.2, 0.25) is 0 Å². The van der Waals surface area contributed by atoms with Crippen LogP contribution in [0, 0.1) is 0 Å². The lowest BCUT2D eigenvalue weighted by atomic mass is 10.2. The largest absolute Gasteiger partial charge is 0.496 e. The minimum Gasteiger partial charge on any atom is -0.496 e. The Hall–Kier alpha value is -2.13. The van der Waals surface area contributed by atoms with E-state index >= 15 is 0 Å². The Morgan fingerprint density at radius 3 is 2.42 bits per heavy atom. The lowest BCUT2D eigenvalue weighted by Gasteiger charge is -2.10. The maximum absolute atomic E-state index is 12.2. The maximum Gasteiger partial charge on any atom is 0.345 e. The van der Waals surface area contributed by atoms with Gasteiger partial charge in [0.15, 0.2) is 5.56 Å². The van der Waals surface area contributed by atoms with Gasteiger partial charge in [0.25, 0.3) is 5.56 Å². The van der Waals surface area contributed by atoms with Crippen molar-refractivity contribution in [1.82, 2.24) is 4.57 Å². The van der Waals surface area contributed by atoms with Crippen LogP contribution in [-0.2, 0) is 0 Å². The van der Waals surface area contributed by atoms with Crippen molar-refractivity contribution in [1.29, 1.82) is 0 Å². The Kier molecular flexibility index (Phi) is 3.67. The van der Waals surface area contributed by atoms with Crippen LogP contribution in [0.1, 0.15) is 10.4 Å². The summed E-state index contributed by atoms with van der Waals surface area (Å²) < 4.78 is 6.17. The van der Waals surface area contributed by atoms with E-state index in [0.29, 0.717) is 5.69 Å². The zero-order valence-corrected chi connectivity index (χ0v) is 11.3. The Morgan fingerprint density at radius 1 is 1.26 bits per heavy atom. The van der Waals surface area contributed by atoms with Crippen LogP contribution < -0.4 is 15.6 Å². The van der Waals surface area contributed by atoms with Crippen molar-refractivity contribution in [3.05, 3.63) is 52.4 Å². The fourth-order valence-electron chi connectivity index (χ4n) is 1.72. The molecule has 1 aromatic carbocycles. The Bertz CT molecular complexity index is 676. The number of aromatic nitrogens is 1. The second-order valence-corrected chi connectivity index (χ2v) is 4.50. The molecule has 1 aromatic heterocycles. The molecule has 0 spiro atoms. The number of hydrogen-bond donors (Lipinski definition) is 1. The van der Waals surface area contributed by atoms with Crippen LogP contribution >= 0.6 is 9.24 Å². The molecule has 19 heavy (non-hydrogen) atoms. The van der Waals surface area contributed by atoms with E-state index in [4.69, 9.17) is 9.84 Å². The number of rotatable bonds is 3. The highest BCUT2D eigenvalue weighted by atomic mass is 31.0. The molecule has 0 aliphatic rings. The highest BCUT2D eigenvalue weighted by Gasteiger charge is 2.18. The molecule has 6 heteroatoms. The van der Waals surface area contributed by atoms with Gasteiger partial charge in [-0.25, -0.2) is 4.79 Å². The molecule has 1 N–H and O–H groups in total. The van der Waals surface area contributed by atoms with E-state index < -0.39 is 11.5 Å². The van der Waals surface area contributed by atoms with Gasteiger partial charge in [-0.2, -0.15) is 0 Å². The summed E-state index contributed by atoms with van der Waals surface area (Å²) in [5.74, 6) is -1.25. The van der Waals surface area contributed by atoms with Crippen molar-refractivity contribution in [2.24, 2.45) is 0 Å². The summed E-state index contributed by atoms with van der Waals surface area (Å²) >= 11 is 0. The highest BCUT2D eigenvalue weighted by Crippen LogP contribution is 2.15. The summed E-state index contributed by atoms with van der Waals surface area (Å²) in [6, 6.07) is 8.57. The van der Waals surface area contributed by atoms with Crippen LogP contribution in [-0.4, -0.2) is 22.8 Å². The molecule has 1 heterocycles. The molecule has 0 amide bonds. The molecule has 0 aliphatic heterocycles. The molecule has 98 valence electrons. The van der Waals surface area contributed by atoms with E-state index in [9.17, 15) is 9.59 Å². The first-order valence-corrected chi connectivity index (χ1v) is 6.01. The zero-order valence-electron chi connectivity index (χ0n) is 10.2. The van der Waals surface area contributed by atoms with Gasteiger partial charge in [0, 0.05) is 11.9 Å². The van der Waals surface area contributed by atoms with Gasteiger partial charge in [-0.05, 0) is 23.5 Å². The first-order chi connectivity index (χ1) is 9.04. The van der Waals surface area contributed by atoms with Crippen molar-refractivity contribution in [3.8, 4) is 11.4 Å². The molecule has 0 fully saturated rings. The number of carboxylic acids is 1. The number of hydrogen-bond acceptors (Lipinski definition) is 3. The molecular formula is C13H12NO4P. The molecule has 0 aliphatic carbocycles. The van der Waals surface area contributed by atoms with Crippen molar-refractivity contribution in [2.75, 3.05) is 7.11 Å². The fraction of sp³-hybridized carbons (Fsp3) is 0.0769. The average molecular weight is 277 g/mol. The summed E-state index contributed by atoms with van der Waals surface area (Å²) in [4.78, 5) is 23.3. The number of ether oxygens (including phenoxy) is 1. The molecule has 0 bridgehead atoms. The molecule has 1 unspecified atom stereocenters. The molecule has 2 rings (SSSR count). The van der Waals surface area contributed by atoms with Gasteiger partial charge >= 0.3 is 5.97 Å². The second-order valence-electron chi connectivity index (χ2n) is 3.83. The minimum atomic E-state index is -1.31. The van der Waals surface area contributed by atoms with E-state index in [1.54, 1.807) is 12.1 Å². The molecule has 0 saturated carbocycles. The van der Waals surface area contributed by atoms with Crippen LogP contribution in [0.5, 0.6) is 5.75 Å². The van der Waals surface area contributed by atoms with E-state index in [1.807, 2.05) is 12.1 Å². The number of aromatic carboxylic acids is 1. The first kappa shape index (κ1) is 13.3. The smallest absolute Gasteiger partial charge is 0.345 e. The standard InChI is InChI=1S/C13H12NO4P/c1-18-10-6-7-14(12(15)11(10)13(16)17)8-2-4-9(19)5-3-8/h2-7H,19H2,1H3,(H,16,17). The van der Waals surface area contributed by atoms with Crippen molar-refractivity contribution in [2.45, 2.75) is 0 Å². The van der Waals surface area contributed by atoms with E-state index in [0.717, 1.165) is 5.30 Å². The fourth-order valence-corrected chi connectivity index (χ4v) is 1.92. The van der Waals surface area contributed by atoms with Crippen LogP contribution in [0.4, 0.5) is 0 Å². The Morgan fingerprint density at radius 2 is 1.89 bits per heavy atom. The van der Waals surface area contributed by atoms with Gasteiger partial charge in [-0.1, -0.05) is 12.1 Å². The predicted molar refractivity (Wildman–Crippen MR) is 74.9 cm³/mol. The van der Waals surface area contributed by atoms with E-state index in [1.165, 1.54) is 23.9 Å². The Labute approximate surface area is 111 Å². The monoisotopic (exact) mass is 277 g/mol. The van der Waals surface area contributed by atoms with Crippen LogP contribution in [0.15, 0.2) is 41.3 Å². The molecule has 2 aromatic rings. The molecule has 1 atom stereocenters. The summed E-state index contributed by atoms with van der Waals surface area (Å²) in [5, 5.41) is 10.1. The summed E-state index contributed by atoms with van der Waals surface area (Å²) in [5.41, 5.74) is -0.398. The van der Waals surface area contributed by atoms with Crippen LogP contribution in [0.3, 0.4) is 0 Å². The van der Waals surface area contributed by atoms with Gasteiger partial charge in [0.05, 0.1) is 7.11 Å². The number of carboxylic acid groups (broad SMARTS) is 1. The van der Waals surface area contributed by atoms with Gasteiger partial charge in [-0.3, -0.25) is 9.36 Å². The third-order valence-electron chi connectivity index (χ3n) is 2.66. The van der Waals surface area contributed by atoms with Crippen molar-refractivity contribution in [3.63, 3.8) is 0 Å². The predicted octanol–water partition coefficient (Wildman–Crippen LogP) is 1.04. The second kappa shape index (κ2) is 5.24. The van der Waals surface area contributed by atoms with Crippen LogP contribution in [0.25, 0.3) is 5.69 Å². The number of nitrogens with zero attached hydrogens (tertiary/aromatic N) is 1. The summed E-state index contributed by atoms with van der Waals surface area (Å²) in [6.45, 7) is 0. The average Bonchev–Trinajstić information content (AvgIpc) is 2.39. The summed E-state index contributed by atoms with van der Waals surface area (Å²) in [7, 11) is 3.87. The first-order valence-electron chi connectivity index (χ1n) is 5.43. The third kappa shape index (κ3) is 2.51. The van der Waals surface area contributed by atoms with E-state index in [2.05, 4.69) is 9.24 Å². The van der Waals surface area contributed by atoms with E-state index in [-0.39, 0.29) is 11.3 Å². The quantitative estimate of drug-likeness (QED) is 0.851. The Balaban J connectivity index is 2.66. The molecule has 0 saturated heterocycles. The molecular weight excluding hydrogens is 265 g/mol. The van der Waals surface area contributed by atoms with Gasteiger partial charge in [0.1, 0.15) is 5.75 Å². The summed E-state index contributed by atoms with van der Waals surface area (Å²) in [6.07, 6.45) is 1.49. The zero-order chi connectivity index (χ0) is 14.0. The number of pyridine rings is 1. The minimum absolute atomic E-state index is 0.0522.